The molecule has 5 unspecified atom stereocenters. The Hall–Kier alpha value is -1.83. The summed E-state index contributed by atoms with van der Waals surface area (Å²) in [5.41, 5.74) is 4.43. The summed E-state index contributed by atoms with van der Waals surface area (Å²) < 4.78 is 0. The summed E-state index contributed by atoms with van der Waals surface area (Å²) in [6.07, 6.45) is -0.0294. The van der Waals surface area contributed by atoms with Crippen LogP contribution in [0.3, 0.4) is 0 Å². The molecule has 2 aliphatic rings. The zero-order valence-corrected chi connectivity index (χ0v) is 13.7. The number of rotatable bonds is 4. The first-order chi connectivity index (χ1) is 11.2. The van der Waals surface area contributed by atoms with Gasteiger partial charge in [0.2, 0.25) is 0 Å². The van der Waals surface area contributed by atoms with Crippen molar-refractivity contribution in [2.75, 3.05) is 0 Å². The second kappa shape index (κ2) is 5.61. The summed E-state index contributed by atoms with van der Waals surface area (Å²) in [5.74, 6) is -4.96. The molecule has 0 saturated heterocycles. The molecular weight excluding hydrogens is 359 g/mol. The van der Waals surface area contributed by atoms with E-state index in [1.54, 1.807) is 0 Å². The van der Waals surface area contributed by atoms with Gasteiger partial charge in [0.15, 0.2) is 0 Å². The van der Waals surface area contributed by atoms with Gasteiger partial charge >= 0.3 is 11.9 Å². The lowest BCUT2D eigenvalue weighted by Crippen LogP contribution is -2.52. The maximum Gasteiger partial charge on any atom is 0.324 e. The topological polar surface area (TPSA) is 130 Å². The van der Waals surface area contributed by atoms with Gasteiger partial charge in [-0.25, -0.2) is 0 Å². The Morgan fingerprint density at radius 2 is 1.92 bits per heavy atom. The number of carboxylic acids is 2. The number of benzene rings is 1. The average Bonchev–Trinajstić information content (AvgIpc) is 3.15. The van der Waals surface area contributed by atoms with E-state index in [-0.39, 0.29) is 17.0 Å². The van der Waals surface area contributed by atoms with E-state index < -0.39 is 47.2 Å². The minimum absolute atomic E-state index is 0.0294. The first-order valence-electron chi connectivity index (χ1n) is 7.18. The van der Waals surface area contributed by atoms with Crippen molar-refractivity contribution < 1.29 is 24.6 Å². The molecule has 0 aromatic heterocycles. The van der Waals surface area contributed by atoms with Gasteiger partial charge in [0.05, 0.1) is 16.5 Å². The molecular formula is C15H14Cl2N2O5. The number of amides is 1. The highest BCUT2D eigenvalue weighted by Gasteiger charge is 2.74. The molecule has 2 fully saturated rings. The Balaban J connectivity index is 1.81. The van der Waals surface area contributed by atoms with Gasteiger partial charge in [-0.1, -0.05) is 23.2 Å². The van der Waals surface area contributed by atoms with E-state index in [0.29, 0.717) is 5.02 Å². The molecule has 1 aromatic carbocycles. The van der Waals surface area contributed by atoms with Crippen molar-refractivity contribution in [2.24, 2.45) is 23.5 Å². The Labute approximate surface area is 146 Å². The third-order valence-electron chi connectivity index (χ3n) is 4.87. The van der Waals surface area contributed by atoms with Crippen LogP contribution in [0.1, 0.15) is 16.8 Å². The maximum atomic E-state index is 12.4. The lowest BCUT2D eigenvalue weighted by molar-refractivity contribution is -0.145. The summed E-state index contributed by atoms with van der Waals surface area (Å²) in [4.78, 5) is 35.1. The number of carboxylic acid groups (broad SMARTS) is 2. The molecule has 128 valence electrons. The minimum Gasteiger partial charge on any atom is -0.481 e. The molecule has 2 aliphatic carbocycles. The van der Waals surface area contributed by atoms with E-state index in [0.717, 1.165) is 0 Å². The summed E-state index contributed by atoms with van der Waals surface area (Å²) in [6.45, 7) is 0. The summed E-state index contributed by atoms with van der Waals surface area (Å²) in [6, 6.07) is 3.72. The molecule has 3 rings (SSSR count). The van der Waals surface area contributed by atoms with Crippen LogP contribution in [0.4, 0.5) is 0 Å². The van der Waals surface area contributed by atoms with Gasteiger partial charge in [0, 0.05) is 17.0 Å². The van der Waals surface area contributed by atoms with Gasteiger partial charge in [0.1, 0.15) is 5.54 Å². The molecule has 0 radical (unpaired) electrons. The smallest absolute Gasteiger partial charge is 0.324 e. The second-order valence-corrected chi connectivity index (χ2v) is 7.06. The van der Waals surface area contributed by atoms with E-state index in [4.69, 9.17) is 28.9 Å². The molecule has 1 amide bonds. The van der Waals surface area contributed by atoms with Crippen LogP contribution >= 0.6 is 23.2 Å². The lowest BCUT2D eigenvalue weighted by Gasteiger charge is -2.25. The zero-order valence-electron chi connectivity index (χ0n) is 12.2. The number of nitrogens with two attached hydrogens (primary N) is 1. The molecule has 5 atom stereocenters. The normalized spacial score (nSPS) is 33.6. The van der Waals surface area contributed by atoms with Crippen LogP contribution in [-0.2, 0) is 9.59 Å². The third kappa shape index (κ3) is 2.53. The Morgan fingerprint density at radius 1 is 1.25 bits per heavy atom. The van der Waals surface area contributed by atoms with Crippen molar-refractivity contribution in [1.82, 2.24) is 5.32 Å². The zero-order chi connectivity index (χ0) is 17.8. The Bertz CT molecular complexity index is 755. The molecule has 0 bridgehead atoms. The van der Waals surface area contributed by atoms with Crippen molar-refractivity contribution in [1.29, 1.82) is 0 Å². The molecule has 0 aliphatic heterocycles. The minimum atomic E-state index is -1.66. The van der Waals surface area contributed by atoms with Crippen molar-refractivity contribution in [3.05, 3.63) is 33.8 Å². The van der Waals surface area contributed by atoms with Crippen LogP contribution in [0, 0.1) is 17.8 Å². The van der Waals surface area contributed by atoms with Gasteiger partial charge in [0.25, 0.3) is 5.91 Å². The van der Waals surface area contributed by atoms with E-state index in [1.165, 1.54) is 18.2 Å². The second-order valence-electron chi connectivity index (χ2n) is 6.22. The van der Waals surface area contributed by atoms with Crippen molar-refractivity contribution in [3.63, 3.8) is 0 Å². The van der Waals surface area contributed by atoms with Gasteiger partial charge in [-0.05, 0) is 30.5 Å². The SMILES string of the molecule is NC1(C(=O)O)CC(NC(=O)c2ccc(Cl)cc2Cl)C2C(C(=O)O)C21. The van der Waals surface area contributed by atoms with E-state index >= 15 is 0 Å². The lowest BCUT2D eigenvalue weighted by atomic mass is 9.90. The summed E-state index contributed by atoms with van der Waals surface area (Å²) in [5, 5.41) is 21.8. The van der Waals surface area contributed by atoms with E-state index in [2.05, 4.69) is 5.32 Å². The molecule has 9 heteroatoms. The fraction of sp³-hybridized carbons (Fsp3) is 0.400. The summed E-state index contributed by atoms with van der Waals surface area (Å²) in [7, 11) is 0. The van der Waals surface area contributed by atoms with Crippen LogP contribution in [0.5, 0.6) is 0 Å². The molecule has 5 N–H and O–H groups in total. The van der Waals surface area contributed by atoms with Crippen LogP contribution < -0.4 is 11.1 Å². The highest BCUT2D eigenvalue weighted by molar-refractivity contribution is 6.36. The highest BCUT2D eigenvalue weighted by atomic mass is 35.5. The highest BCUT2D eigenvalue weighted by Crippen LogP contribution is 2.61. The molecule has 2 saturated carbocycles. The number of halogens is 2. The monoisotopic (exact) mass is 372 g/mol. The quantitative estimate of drug-likeness (QED) is 0.628. The molecule has 0 heterocycles. The third-order valence-corrected chi connectivity index (χ3v) is 5.42. The Kier molecular flexibility index (Phi) is 3.98. The van der Waals surface area contributed by atoms with Gasteiger partial charge in [-0.15, -0.1) is 0 Å². The number of nitrogens with one attached hydrogen (secondary N) is 1. The van der Waals surface area contributed by atoms with Gasteiger partial charge in [-0.2, -0.15) is 0 Å². The summed E-state index contributed by atoms with van der Waals surface area (Å²) >= 11 is 11.8. The predicted molar refractivity (Wildman–Crippen MR) is 85.0 cm³/mol. The van der Waals surface area contributed by atoms with Gasteiger partial charge in [-0.3, -0.25) is 14.4 Å². The number of aliphatic carboxylic acids is 2. The van der Waals surface area contributed by atoms with Gasteiger partial charge < -0.3 is 21.3 Å². The van der Waals surface area contributed by atoms with Crippen LogP contribution in [0.2, 0.25) is 10.0 Å². The average molecular weight is 373 g/mol. The molecule has 0 spiro atoms. The first kappa shape index (κ1) is 17.0. The standard InChI is InChI=1S/C15H14Cl2N2O5/c16-5-1-2-6(7(17)3-5)12(20)19-8-4-15(18,14(23)24)11-9(8)10(11)13(21)22/h1-3,8-11H,4,18H2,(H,19,20)(H,21,22)(H,23,24). The fourth-order valence-electron chi connectivity index (χ4n) is 3.75. The Morgan fingerprint density at radius 3 is 2.46 bits per heavy atom. The maximum absolute atomic E-state index is 12.4. The fourth-order valence-corrected chi connectivity index (χ4v) is 4.24. The van der Waals surface area contributed by atoms with Crippen LogP contribution in [-0.4, -0.2) is 39.6 Å². The molecule has 7 nitrogen and oxygen atoms in total. The van der Waals surface area contributed by atoms with E-state index in [1.807, 2.05) is 0 Å². The molecule has 24 heavy (non-hydrogen) atoms. The van der Waals surface area contributed by atoms with Crippen LogP contribution in [0.25, 0.3) is 0 Å². The first-order valence-corrected chi connectivity index (χ1v) is 7.93. The largest absolute Gasteiger partial charge is 0.481 e. The number of hydrogen-bond donors (Lipinski definition) is 4. The number of hydrogen-bond acceptors (Lipinski definition) is 4. The number of carbonyl (C=O) groups is 3. The number of carbonyl (C=O) groups excluding carboxylic acids is 1. The number of fused-ring (bicyclic) bond motifs is 1. The van der Waals surface area contributed by atoms with E-state index in [9.17, 15) is 24.6 Å². The van der Waals surface area contributed by atoms with Crippen LogP contribution in [0.15, 0.2) is 18.2 Å². The predicted octanol–water partition coefficient (Wildman–Crippen LogP) is 1.22. The molecule has 1 aromatic rings. The van der Waals surface area contributed by atoms with Crippen molar-refractivity contribution in [2.45, 2.75) is 18.0 Å². The van der Waals surface area contributed by atoms with Crippen molar-refractivity contribution >= 4 is 41.0 Å². The van der Waals surface area contributed by atoms with Crippen molar-refractivity contribution in [3.8, 4) is 0 Å².